The molecule has 3 aromatic rings. The van der Waals surface area contributed by atoms with Crippen LogP contribution in [-0.2, 0) is 23.4 Å². The lowest BCUT2D eigenvalue weighted by Crippen LogP contribution is -2.29. The van der Waals surface area contributed by atoms with Crippen LogP contribution in [0, 0.1) is 6.92 Å². The number of aromatic amines is 1. The number of amides is 1. The summed E-state index contributed by atoms with van der Waals surface area (Å²) in [4.78, 5) is 34.8. The maximum Gasteiger partial charge on any atom is 0.259 e. The van der Waals surface area contributed by atoms with Gasteiger partial charge in [0.05, 0.1) is 22.9 Å². The predicted molar refractivity (Wildman–Crippen MR) is 125 cm³/mol. The number of carbonyl (C=O) groups excluding carboxylic acids is 1. The van der Waals surface area contributed by atoms with Crippen LogP contribution >= 0.6 is 23.1 Å². The molecule has 2 N–H and O–H groups in total. The van der Waals surface area contributed by atoms with Gasteiger partial charge in [-0.15, -0.1) is 23.1 Å². The van der Waals surface area contributed by atoms with Gasteiger partial charge in [0.1, 0.15) is 10.7 Å². The normalized spacial score (nSPS) is 14.5. The molecule has 4 rings (SSSR count). The molecule has 0 spiro atoms. The Balaban J connectivity index is 1.36. The van der Waals surface area contributed by atoms with E-state index in [2.05, 4.69) is 53.4 Å². The van der Waals surface area contributed by atoms with Crippen molar-refractivity contribution in [3.8, 4) is 0 Å². The summed E-state index contributed by atoms with van der Waals surface area (Å²) in [7, 11) is 0. The van der Waals surface area contributed by atoms with Gasteiger partial charge in [-0.3, -0.25) is 9.59 Å². The number of benzene rings is 1. The molecule has 0 radical (unpaired) electrons. The van der Waals surface area contributed by atoms with Crippen molar-refractivity contribution in [1.82, 2.24) is 15.3 Å². The fraction of sp³-hybridized carbons (Fsp3) is 0.435. The van der Waals surface area contributed by atoms with E-state index in [0.717, 1.165) is 41.5 Å². The zero-order valence-electron chi connectivity index (χ0n) is 17.4. The minimum atomic E-state index is -0.0372. The molecule has 1 aliphatic carbocycles. The van der Waals surface area contributed by atoms with Gasteiger partial charge in [0.2, 0.25) is 5.91 Å². The number of carbonyl (C=O) groups is 1. The number of fused-ring (bicyclic) bond motifs is 3. The minimum absolute atomic E-state index is 0.00226. The molecule has 30 heavy (non-hydrogen) atoms. The molecular formula is C23H27N3O2S2. The third-order valence-corrected chi connectivity index (χ3v) is 7.70. The molecule has 2 heterocycles. The topological polar surface area (TPSA) is 74.8 Å². The first kappa shape index (κ1) is 21.1. The average molecular weight is 442 g/mol. The van der Waals surface area contributed by atoms with Crippen molar-refractivity contribution in [2.75, 3.05) is 5.75 Å². The van der Waals surface area contributed by atoms with Gasteiger partial charge in [-0.05, 0) is 50.2 Å². The van der Waals surface area contributed by atoms with E-state index in [4.69, 9.17) is 0 Å². The van der Waals surface area contributed by atoms with Crippen LogP contribution in [0.5, 0.6) is 0 Å². The number of aromatic nitrogens is 2. The summed E-state index contributed by atoms with van der Waals surface area (Å²) in [5.74, 6) is 1.50. The van der Waals surface area contributed by atoms with Gasteiger partial charge in [0.25, 0.3) is 5.56 Å². The lowest BCUT2D eigenvalue weighted by Gasteiger charge is -2.17. The van der Waals surface area contributed by atoms with E-state index in [-0.39, 0.29) is 17.5 Å². The van der Waals surface area contributed by atoms with Gasteiger partial charge in [-0.2, -0.15) is 0 Å². The van der Waals surface area contributed by atoms with Gasteiger partial charge in [-0.1, -0.05) is 36.8 Å². The van der Waals surface area contributed by atoms with E-state index in [0.29, 0.717) is 17.3 Å². The van der Waals surface area contributed by atoms with Crippen LogP contribution in [0.1, 0.15) is 59.6 Å². The van der Waals surface area contributed by atoms with Crippen LogP contribution in [0.3, 0.4) is 0 Å². The summed E-state index contributed by atoms with van der Waals surface area (Å²) in [5, 5.41) is 3.90. The van der Waals surface area contributed by atoms with E-state index in [1.54, 1.807) is 11.3 Å². The first-order chi connectivity index (χ1) is 14.5. The number of nitrogens with zero attached hydrogens (tertiary/aromatic N) is 1. The molecule has 2 aromatic heterocycles. The summed E-state index contributed by atoms with van der Waals surface area (Å²) in [5.41, 5.74) is 3.50. The summed E-state index contributed by atoms with van der Waals surface area (Å²) in [6.45, 7) is 4.13. The second-order valence-corrected chi connectivity index (χ2v) is 9.90. The number of thioether (sulfide) groups is 1. The molecule has 1 amide bonds. The SMILES string of the molecule is CCC(NC(=O)CSCc1nc2sc3c(c2c(=O)[nH]1)CCCC3)c1ccc(C)cc1. The molecule has 5 nitrogen and oxygen atoms in total. The lowest BCUT2D eigenvalue weighted by atomic mass is 9.97. The fourth-order valence-corrected chi connectivity index (χ4v) is 5.95. The number of aryl methyl sites for hydroxylation is 3. The number of hydrogen-bond acceptors (Lipinski definition) is 5. The van der Waals surface area contributed by atoms with Crippen molar-refractivity contribution in [1.29, 1.82) is 0 Å². The maximum atomic E-state index is 12.6. The van der Waals surface area contributed by atoms with Crippen LogP contribution in [-0.4, -0.2) is 21.6 Å². The highest BCUT2D eigenvalue weighted by Gasteiger charge is 2.20. The molecule has 0 saturated carbocycles. The number of nitrogens with one attached hydrogen (secondary N) is 2. The van der Waals surface area contributed by atoms with Gasteiger partial charge < -0.3 is 10.3 Å². The van der Waals surface area contributed by atoms with Crippen molar-refractivity contribution >= 4 is 39.2 Å². The number of hydrogen-bond donors (Lipinski definition) is 2. The van der Waals surface area contributed by atoms with Crippen LogP contribution in [0.15, 0.2) is 29.1 Å². The quantitative estimate of drug-likeness (QED) is 0.559. The standard InChI is InChI=1S/C23H27N3O2S2/c1-3-17(15-10-8-14(2)9-11-15)24-20(27)13-29-12-19-25-22(28)21-16-6-4-5-7-18(16)30-23(21)26-19/h8-11,17H,3-7,12-13H2,1-2H3,(H,24,27)(H,25,26,28). The summed E-state index contributed by atoms with van der Waals surface area (Å²) in [6.07, 6.45) is 5.21. The van der Waals surface area contributed by atoms with Gasteiger partial charge >= 0.3 is 0 Å². The Bertz CT molecular complexity index is 1100. The largest absolute Gasteiger partial charge is 0.349 e. The molecule has 0 saturated heterocycles. The third kappa shape index (κ3) is 4.62. The summed E-state index contributed by atoms with van der Waals surface area (Å²) >= 11 is 3.13. The molecule has 1 aliphatic rings. The number of thiophene rings is 1. The summed E-state index contributed by atoms with van der Waals surface area (Å²) in [6, 6.07) is 8.30. The minimum Gasteiger partial charge on any atom is -0.349 e. The molecule has 0 aliphatic heterocycles. The lowest BCUT2D eigenvalue weighted by molar-refractivity contribution is -0.119. The Kier molecular flexibility index (Phi) is 6.58. The van der Waals surface area contributed by atoms with Crippen LogP contribution in [0.25, 0.3) is 10.2 Å². The first-order valence-corrected chi connectivity index (χ1v) is 12.5. The van der Waals surface area contributed by atoms with Crippen LogP contribution in [0.2, 0.25) is 0 Å². The maximum absolute atomic E-state index is 12.6. The van der Waals surface area contributed by atoms with Crippen LogP contribution in [0.4, 0.5) is 0 Å². The highest BCUT2D eigenvalue weighted by atomic mass is 32.2. The van der Waals surface area contributed by atoms with Crippen molar-refractivity contribution in [2.45, 2.75) is 57.7 Å². The van der Waals surface area contributed by atoms with Crippen molar-refractivity contribution in [3.63, 3.8) is 0 Å². The fourth-order valence-electron chi connectivity index (χ4n) is 3.97. The van der Waals surface area contributed by atoms with Crippen molar-refractivity contribution in [2.24, 2.45) is 0 Å². The van der Waals surface area contributed by atoms with E-state index >= 15 is 0 Å². The molecule has 1 aromatic carbocycles. The molecular weight excluding hydrogens is 414 g/mol. The highest BCUT2D eigenvalue weighted by Crippen LogP contribution is 2.33. The third-order valence-electron chi connectivity index (χ3n) is 5.57. The van der Waals surface area contributed by atoms with Crippen molar-refractivity contribution in [3.05, 3.63) is 62.0 Å². The monoisotopic (exact) mass is 441 g/mol. The molecule has 0 fully saturated rings. The van der Waals surface area contributed by atoms with Crippen LogP contribution < -0.4 is 10.9 Å². The molecule has 1 unspecified atom stereocenters. The Morgan fingerprint density at radius 1 is 1.27 bits per heavy atom. The smallest absolute Gasteiger partial charge is 0.259 e. The predicted octanol–water partition coefficient (Wildman–Crippen LogP) is 4.67. The number of H-pyrrole nitrogens is 1. The zero-order chi connectivity index (χ0) is 21.1. The van der Waals surface area contributed by atoms with E-state index in [1.165, 1.54) is 34.2 Å². The molecule has 0 bridgehead atoms. The van der Waals surface area contributed by atoms with E-state index in [9.17, 15) is 9.59 Å². The zero-order valence-corrected chi connectivity index (χ0v) is 19.0. The van der Waals surface area contributed by atoms with E-state index < -0.39 is 0 Å². The Hall–Kier alpha value is -2.12. The second kappa shape index (κ2) is 9.35. The Labute approximate surface area is 184 Å². The van der Waals surface area contributed by atoms with E-state index in [1.807, 2.05) is 0 Å². The number of rotatable bonds is 7. The Morgan fingerprint density at radius 2 is 2.03 bits per heavy atom. The average Bonchev–Trinajstić information content (AvgIpc) is 3.11. The first-order valence-electron chi connectivity index (χ1n) is 10.5. The van der Waals surface area contributed by atoms with Gasteiger partial charge in [0.15, 0.2) is 0 Å². The van der Waals surface area contributed by atoms with Gasteiger partial charge in [-0.25, -0.2) is 4.98 Å². The highest BCUT2D eigenvalue weighted by molar-refractivity contribution is 7.99. The molecule has 7 heteroatoms. The van der Waals surface area contributed by atoms with Gasteiger partial charge in [0, 0.05) is 4.88 Å². The summed E-state index contributed by atoms with van der Waals surface area (Å²) < 4.78 is 0. The molecule has 158 valence electrons. The molecule has 1 atom stereocenters. The van der Waals surface area contributed by atoms with Crippen molar-refractivity contribution < 1.29 is 4.79 Å². The second-order valence-electron chi connectivity index (χ2n) is 7.84. The Morgan fingerprint density at radius 3 is 2.80 bits per heavy atom.